The molecule has 1 N–H and O–H groups in total. The predicted molar refractivity (Wildman–Crippen MR) is 78.5 cm³/mol. The summed E-state index contributed by atoms with van der Waals surface area (Å²) in [5.74, 6) is 2.29. The van der Waals surface area contributed by atoms with Gasteiger partial charge in [0.25, 0.3) is 0 Å². The van der Waals surface area contributed by atoms with Crippen molar-refractivity contribution in [2.45, 2.75) is 38.5 Å². The fourth-order valence-corrected chi connectivity index (χ4v) is 2.62. The number of carboxylic acids is 1. The Kier molecular flexibility index (Phi) is 5.10. The van der Waals surface area contributed by atoms with Crippen molar-refractivity contribution in [1.29, 1.82) is 0 Å². The highest BCUT2D eigenvalue weighted by Gasteiger charge is 2.52. The molecule has 0 amide bonds. The Morgan fingerprint density at radius 2 is 2.17 bits per heavy atom. The molecule has 0 saturated carbocycles. The third kappa shape index (κ3) is 3.91. The highest BCUT2D eigenvalue weighted by Crippen LogP contribution is 2.41. The molecule has 0 radical (unpaired) electrons. The van der Waals surface area contributed by atoms with E-state index in [0.717, 1.165) is 6.42 Å². The summed E-state index contributed by atoms with van der Waals surface area (Å²) in [5.41, 5.74) is 0.574. The molecule has 1 aliphatic rings. The Morgan fingerprint density at radius 3 is 2.74 bits per heavy atom. The zero-order chi connectivity index (χ0) is 17.2. The minimum absolute atomic E-state index is 0.0298. The predicted octanol–water partition coefficient (Wildman–Crippen LogP) is 4.06. The van der Waals surface area contributed by atoms with E-state index in [4.69, 9.17) is 21.4 Å². The Morgan fingerprint density at radius 1 is 1.48 bits per heavy atom. The van der Waals surface area contributed by atoms with Crippen LogP contribution in [0.1, 0.15) is 30.9 Å². The van der Waals surface area contributed by atoms with Crippen molar-refractivity contribution in [3.63, 3.8) is 0 Å². The SMILES string of the molecule is CCCC#Cc1cc(Cl)cc2c1O[C@H](C(F)(F)F)[C@H](C(=O)O)C2. The number of ether oxygens (including phenoxy) is 1. The van der Waals surface area contributed by atoms with Gasteiger partial charge >= 0.3 is 12.1 Å². The average Bonchev–Trinajstić information content (AvgIpc) is 2.44. The molecule has 0 bridgehead atoms. The van der Waals surface area contributed by atoms with Crippen LogP contribution in [0.4, 0.5) is 13.2 Å². The van der Waals surface area contributed by atoms with Gasteiger partial charge in [-0.1, -0.05) is 30.4 Å². The van der Waals surface area contributed by atoms with Crippen LogP contribution in [0.3, 0.4) is 0 Å². The summed E-state index contributed by atoms with van der Waals surface area (Å²) < 4.78 is 44.4. The molecule has 0 saturated heterocycles. The molecule has 0 aliphatic carbocycles. The van der Waals surface area contributed by atoms with Crippen molar-refractivity contribution in [2.24, 2.45) is 5.92 Å². The maximum atomic E-state index is 13.1. The second-order valence-corrected chi connectivity index (χ2v) is 5.66. The molecule has 3 nitrogen and oxygen atoms in total. The van der Waals surface area contributed by atoms with E-state index in [1.807, 2.05) is 6.92 Å². The van der Waals surface area contributed by atoms with E-state index in [9.17, 15) is 18.0 Å². The number of carbonyl (C=O) groups is 1. The molecule has 1 aromatic carbocycles. The monoisotopic (exact) mass is 346 g/mol. The number of benzene rings is 1. The summed E-state index contributed by atoms with van der Waals surface area (Å²) in [7, 11) is 0. The van der Waals surface area contributed by atoms with Crippen LogP contribution < -0.4 is 4.74 Å². The Hall–Kier alpha value is -1.87. The molecule has 1 heterocycles. The third-order valence-electron chi connectivity index (χ3n) is 3.42. The molecule has 0 fully saturated rings. The first kappa shape index (κ1) is 17.5. The molecule has 7 heteroatoms. The number of carboxylic acid groups (broad SMARTS) is 1. The summed E-state index contributed by atoms with van der Waals surface area (Å²) >= 11 is 5.96. The quantitative estimate of drug-likeness (QED) is 0.821. The van der Waals surface area contributed by atoms with Crippen molar-refractivity contribution in [2.75, 3.05) is 0 Å². The number of hydrogen-bond donors (Lipinski definition) is 1. The molecular weight excluding hydrogens is 333 g/mol. The molecule has 0 spiro atoms. The molecule has 0 aromatic heterocycles. The van der Waals surface area contributed by atoms with Gasteiger partial charge in [-0.05, 0) is 30.5 Å². The van der Waals surface area contributed by atoms with Crippen molar-refractivity contribution >= 4 is 17.6 Å². The molecule has 23 heavy (non-hydrogen) atoms. The van der Waals surface area contributed by atoms with Gasteiger partial charge in [-0.25, -0.2) is 0 Å². The van der Waals surface area contributed by atoms with Gasteiger partial charge in [0.2, 0.25) is 6.10 Å². The lowest BCUT2D eigenvalue weighted by Gasteiger charge is -2.33. The summed E-state index contributed by atoms with van der Waals surface area (Å²) in [6, 6.07) is 2.85. The number of rotatable bonds is 2. The fourth-order valence-electron chi connectivity index (χ4n) is 2.38. The molecule has 1 aliphatic heterocycles. The molecule has 2 rings (SSSR count). The highest BCUT2D eigenvalue weighted by atomic mass is 35.5. The van der Waals surface area contributed by atoms with Gasteiger partial charge in [0.15, 0.2) is 0 Å². The first-order chi connectivity index (χ1) is 10.7. The van der Waals surface area contributed by atoms with Crippen LogP contribution >= 0.6 is 11.6 Å². The van der Waals surface area contributed by atoms with Crippen molar-refractivity contribution in [3.05, 3.63) is 28.3 Å². The van der Waals surface area contributed by atoms with Gasteiger partial charge < -0.3 is 9.84 Å². The summed E-state index contributed by atoms with van der Waals surface area (Å²) in [5, 5.41) is 9.35. The lowest BCUT2D eigenvalue weighted by atomic mass is 9.89. The number of hydrogen-bond acceptors (Lipinski definition) is 2. The molecular formula is C16H14ClF3O3. The van der Waals surface area contributed by atoms with Crippen molar-refractivity contribution < 1.29 is 27.8 Å². The standard InChI is InChI=1S/C16H14ClF3O3/c1-2-3-4-5-9-6-11(17)7-10-8-12(15(21)22)14(16(18,19)20)23-13(9)10/h6-7,12,14H,2-3,8H2,1H3,(H,21,22)/t12-,14+/m1/s1. The fraction of sp³-hybridized carbons (Fsp3) is 0.438. The van der Waals surface area contributed by atoms with Gasteiger partial charge in [0.1, 0.15) is 11.7 Å². The van der Waals surface area contributed by atoms with E-state index in [1.165, 1.54) is 12.1 Å². The molecule has 124 valence electrons. The van der Waals surface area contributed by atoms with Crippen LogP contribution in [-0.4, -0.2) is 23.4 Å². The van der Waals surface area contributed by atoms with Gasteiger partial charge in [0.05, 0.1) is 5.56 Å². The third-order valence-corrected chi connectivity index (χ3v) is 3.64. The van der Waals surface area contributed by atoms with Gasteiger partial charge in [0, 0.05) is 11.4 Å². The lowest BCUT2D eigenvalue weighted by molar-refractivity contribution is -0.217. The number of halogens is 4. The van der Waals surface area contributed by atoms with E-state index < -0.39 is 24.2 Å². The summed E-state index contributed by atoms with van der Waals surface area (Å²) in [6.07, 6.45) is -6.10. The van der Waals surface area contributed by atoms with Gasteiger partial charge in [-0.3, -0.25) is 4.79 Å². The zero-order valence-corrected chi connectivity index (χ0v) is 13.0. The van der Waals surface area contributed by atoms with E-state index in [1.54, 1.807) is 0 Å². The minimum atomic E-state index is -4.78. The van der Waals surface area contributed by atoms with E-state index in [0.29, 0.717) is 12.0 Å². The van der Waals surface area contributed by atoms with Crippen LogP contribution in [0.2, 0.25) is 5.02 Å². The number of fused-ring (bicyclic) bond motifs is 1. The topological polar surface area (TPSA) is 46.5 Å². The summed E-state index contributed by atoms with van der Waals surface area (Å²) in [6.45, 7) is 1.93. The normalized spacial score (nSPS) is 20.0. The van der Waals surface area contributed by atoms with Crippen molar-refractivity contribution in [1.82, 2.24) is 0 Å². The van der Waals surface area contributed by atoms with Gasteiger partial charge in [-0.15, -0.1) is 0 Å². The number of aliphatic carboxylic acids is 1. The Bertz CT molecular complexity index is 674. The van der Waals surface area contributed by atoms with Crippen molar-refractivity contribution in [3.8, 4) is 17.6 Å². The van der Waals surface area contributed by atoms with Crippen LogP contribution in [-0.2, 0) is 11.2 Å². The Balaban J connectivity index is 2.50. The second-order valence-electron chi connectivity index (χ2n) is 5.22. The second kappa shape index (κ2) is 6.71. The van der Waals surface area contributed by atoms with Crippen LogP contribution in [0.15, 0.2) is 12.1 Å². The van der Waals surface area contributed by atoms with E-state index in [2.05, 4.69) is 11.8 Å². The zero-order valence-electron chi connectivity index (χ0n) is 12.2. The average molecular weight is 347 g/mol. The number of unbranched alkanes of at least 4 members (excludes halogenated alkanes) is 1. The highest BCUT2D eigenvalue weighted by molar-refractivity contribution is 6.30. The molecule has 1 aromatic rings. The first-order valence-electron chi connectivity index (χ1n) is 7.01. The number of alkyl halides is 3. The van der Waals surface area contributed by atoms with Crippen LogP contribution in [0.5, 0.6) is 5.75 Å². The van der Waals surface area contributed by atoms with Crippen LogP contribution in [0.25, 0.3) is 0 Å². The maximum Gasteiger partial charge on any atom is 0.426 e. The Labute approximate surface area is 136 Å². The first-order valence-corrected chi connectivity index (χ1v) is 7.39. The molecule has 2 atom stereocenters. The smallest absolute Gasteiger partial charge is 0.426 e. The lowest BCUT2D eigenvalue weighted by Crippen LogP contribution is -2.47. The van der Waals surface area contributed by atoms with Gasteiger partial charge in [-0.2, -0.15) is 13.2 Å². The largest absolute Gasteiger partial charge is 0.481 e. The van der Waals surface area contributed by atoms with E-state index in [-0.39, 0.29) is 22.8 Å². The summed E-state index contributed by atoms with van der Waals surface area (Å²) in [4.78, 5) is 11.2. The minimum Gasteiger partial charge on any atom is -0.481 e. The molecule has 0 unspecified atom stereocenters. The van der Waals surface area contributed by atoms with E-state index >= 15 is 0 Å². The maximum absolute atomic E-state index is 13.1. The van der Waals surface area contributed by atoms with Crippen LogP contribution in [0, 0.1) is 17.8 Å².